The van der Waals surface area contributed by atoms with E-state index in [1.54, 1.807) is 19.1 Å². The first-order valence-corrected chi connectivity index (χ1v) is 9.65. The predicted molar refractivity (Wildman–Crippen MR) is 107 cm³/mol. The molecule has 2 aliphatic rings. The van der Waals surface area contributed by atoms with Crippen molar-refractivity contribution in [2.75, 3.05) is 19.9 Å². The first-order chi connectivity index (χ1) is 14.5. The van der Waals surface area contributed by atoms with E-state index in [-0.39, 0.29) is 31.7 Å². The molecule has 3 aromatic carbocycles. The largest absolute Gasteiger partial charge is 0.465 e. The number of carbonyl (C=O) groups excluding carboxylic acids is 2. The minimum atomic E-state index is -0.452. The van der Waals surface area contributed by atoms with Gasteiger partial charge in [-0.3, -0.25) is 9.59 Å². The van der Waals surface area contributed by atoms with Crippen molar-refractivity contribution in [3.63, 3.8) is 0 Å². The first kappa shape index (κ1) is 18.4. The van der Waals surface area contributed by atoms with E-state index in [4.69, 9.17) is 14.2 Å². The predicted octanol–water partition coefficient (Wildman–Crippen LogP) is 3.89. The summed E-state index contributed by atoms with van der Waals surface area (Å²) >= 11 is 0. The lowest BCUT2D eigenvalue weighted by Gasteiger charge is -2.15. The quantitative estimate of drug-likeness (QED) is 0.614. The van der Waals surface area contributed by atoms with Crippen molar-refractivity contribution < 1.29 is 28.2 Å². The van der Waals surface area contributed by atoms with Gasteiger partial charge in [0.1, 0.15) is 12.4 Å². The van der Waals surface area contributed by atoms with Crippen LogP contribution in [-0.2, 0) is 16.1 Å². The second kappa shape index (κ2) is 7.02. The Balaban J connectivity index is 1.70. The molecular weight excluding hydrogens is 389 g/mol. The van der Waals surface area contributed by atoms with E-state index in [0.717, 1.165) is 16.3 Å². The monoisotopic (exact) mass is 407 g/mol. The second-order valence-electron chi connectivity index (χ2n) is 7.19. The Morgan fingerprint density at radius 1 is 1.10 bits per heavy atom. The Bertz CT molecular complexity index is 1190. The molecule has 2 heterocycles. The van der Waals surface area contributed by atoms with E-state index < -0.39 is 5.97 Å². The lowest BCUT2D eigenvalue weighted by Crippen LogP contribution is -2.31. The molecule has 152 valence electrons. The normalized spacial score (nSPS) is 14.3. The van der Waals surface area contributed by atoms with Gasteiger partial charge in [-0.25, -0.2) is 4.39 Å². The van der Waals surface area contributed by atoms with Crippen LogP contribution in [0.4, 0.5) is 4.39 Å². The number of halogens is 1. The van der Waals surface area contributed by atoms with Crippen LogP contribution < -0.4 is 9.47 Å². The number of fused-ring (bicyclic) bond motifs is 3. The fourth-order valence-corrected chi connectivity index (χ4v) is 4.06. The third-order valence-corrected chi connectivity index (χ3v) is 5.34. The molecule has 7 heteroatoms. The van der Waals surface area contributed by atoms with Gasteiger partial charge in [-0.2, -0.15) is 0 Å². The molecule has 1 amide bonds. The van der Waals surface area contributed by atoms with Gasteiger partial charge in [0.15, 0.2) is 11.5 Å². The standard InChI is InChI=1S/C23H18FNO5/c1-2-28-20(26)11-25-10-15-7-14-8-18-19(30-12-29-18)9-17(14)21(22(15)23(25)27)13-3-5-16(24)6-4-13/h3-9H,2,10-12H2,1H3. The highest BCUT2D eigenvalue weighted by molar-refractivity contribution is 6.13. The lowest BCUT2D eigenvalue weighted by atomic mass is 9.90. The highest BCUT2D eigenvalue weighted by atomic mass is 19.1. The minimum Gasteiger partial charge on any atom is -0.465 e. The fraction of sp³-hybridized carbons (Fsp3) is 0.217. The van der Waals surface area contributed by atoms with Crippen LogP contribution in [0.3, 0.4) is 0 Å². The summed E-state index contributed by atoms with van der Waals surface area (Å²) in [7, 11) is 0. The number of carbonyl (C=O) groups is 2. The molecule has 0 fully saturated rings. The number of hydrogen-bond donors (Lipinski definition) is 0. The van der Waals surface area contributed by atoms with Gasteiger partial charge in [-0.1, -0.05) is 12.1 Å². The molecule has 0 aliphatic carbocycles. The van der Waals surface area contributed by atoms with Gasteiger partial charge >= 0.3 is 5.97 Å². The number of rotatable bonds is 4. The number of esters is 1. The molecule has 0 radical (unpaired) electrons. The van der Waals surface area contributed by atoms with Gasteiger partial charge in [0.05, 0.1) is 12.2 Å². The van der Waals surface area contributed by atoms with E-state index in [2.05, 4.69) is 0 Å². The maximum Gasteiger partial charge on any atom is 0.325 e. The van der Waals surface area contributed by atoms with Crippen LogP contribution in [0.15, 0.2) is 42.5 Å². The summed E-state index contributed by atoms with van der Waals surface area (Å²) in [6, 6.07) is 11.7. The number of nitrogens with zero attached hydrogens (tertiary/aromatic N) is 1. The third-order valence-electron chi connectivity index (χ3n) is 5.34. The zero-order valence-electron chi connectivity index (χ0n) is 16.2. The molecule has 0 bridgehead atoms. The van der Waals surface area contributed by atoms with Gasteiger partial charge in [-0.05, 0) is 59.2 Å². The van der Waals surface area contributed by atoms with Gasteiger partial charge < -0.3 is 19.1 Å². The zero-order valence-corrected chi connectivity index (χ0v) is 16.2. The highest BCUT2D eigenvalue weighted by Crippen LogP contribution is 2.44. The summed E-state index contributed by atoms with van der Waals surface area (Å²) in [5, 5.41) is 1.68. The van der Waals surface area contributed by atoms with Crippen molar-refractivity contribution in [3.05, 3.63) is 59.4 Å². The summed E-state index contributed by atoms with van der Waals surface area (Å²) in [6.07, 6.45) is 0. The molecule has 0 saturated carbocycles. The summed E-state index contributed by atoms with van der Waals surface area (Å²) in [5.74, 6) is 0.174. The molecule has 30 heavy (non-hydrogen) atoms. The Labute approximate surface area is 171 Å². The lowest BCUT2D eigenvalue weighted by molar-refractivity contribution is -0.143. The van der Waals surface area contributed by atoms with Crippen molar-refractivity contribution in [2.24, 2.45) is 0 Å². The van der Waals surface area contributed by atoms with Crippen molar-refractivity contribution in [1.29, 1.82) is 0 Å². The maximum absolute atomic E-state index is 13.6. The molecule has 0 saturated heterocycles. The Kier molecular flexibility index (Phi) is 4.31. The van der Waals surface area contributed by atoms with Crippen molar-refractivity contribution in [3.8, 4) is 22.6 Å². The van der Waals surface area contributed by atoms with Crippen LogP contribution in [-0.4, -0.2) is 36.7 Å². The van der Waals surface area contributed by atoms with E-state index in [1.807, 2.05) is 18.2 Å². The molecule has 0 atom stereocenters. The summed E-state index contributed by atoms with van der Waals surface area (Å²) in [6.45, 7) is 2.30. The Morgan fingerprint density at radius 3 is 2.57 bits per heavy atom. The average molecular weight is 407 g/mol. The van der Waals surface area contributed by atoms with Crippen LogP contribution in [0, 0.1) is 5.82 Å². The number of amides is 1. The van der Waals surface area contributed by atoms with E-state index in [0.29, 0.717) is 34.7 Å². The molecule has 0 unspecified atom stereocenters. The topological polar surface area (TPSA) is 65.1 Å². The molecular formula is C23H18FNO5. The van der Waals surface area contributed by atoms with Crippen molar-refractivity contribution in [2.45, 2.75) is 13.5 Å². The average Bonchev–Trinajstić information content (AvgIpc) is 3.30. The molecule has 6 nitrogen and oxygen atoms in total. The Hall–Kier alpha value is -3.61. The molecule has 0 spiro atoms. The summed E-state index contributed by atoms with van der Waals surface area (Å²) in [4.78, 5) is 26.7. The van der Waals surface area contributed by atoms with Gasteiger partial charge in [0, 0.05) is 12.1 Å². The molecule has 0 aromatic heterocycles. The van der Waals surface area contributed by atoms with Crippen LogP contribution in [0.5, 0.6) is 11.5 Å². The number of ether oxygens (including phenoxy) is 3. The second-order valence-corrected chi connectivity index (χ2v) is 7.19. The van der Waals surface area contributed by atoms with Crippen molar-refractivity contribution >= 4 is 22.6 Å². The SMILES string of the molecule is CCOC(=O)CN1Cc2cc3cc4c(cc3c(-c3ccc(F)cc3)c2C1=O)OCO4. The van der Waals surface area contributed by atoms with Gasteiger partial charge in [0.2, 0.25) is 6.79 Å². The Morgan fingerprint density at radius 2 is 1.83 bits per heavy atom. The van der Waals surface area contributed by atoms with Crippen LogP contribution >= 0.6 is 0 Å². The molecule has 5 rings (SSSR count). The molecule has 2 aliphatic heterocycles. The molecule has 3 aromatic rings. The van der Waals surface area contributed by atoms with E-state index in [1.165, 1.54) is 17.0 Å². The highest BCUT2D eigenvalue weighted by Gasteiger charge is 2.33. The van der Waals surface area contributed by atoms with Crippen molar-refractivity contribution in [1.82, 2.24) is 4.90 Å². The maximum atomic E-state index is 13.6. The van der Waals surface area contributed by atoms with Crippen LogP contribution in [0.2, 0.25) is 0 Å². The summed E-state index contributed by atoms with van der Waals surface area (Å²) in [5.41, 5.74) is 2.72. The smallest absolute Gasteiger partial charge is 0.325 e. The first-order valence-electron chi connectivity index (χ1n) is 9.65. The molecule has 0 N–H and O–H groups in total. The third kappa shape index (κ3) is 2.94. The fourth-order valence-electron chi connectivity index (χ4n) is 4.06. The van der Waals surface area contributed by atoms with Crippen LogP contribution in [0.1, 0.15) is 22.8 Å². The van der Waals surface area contributed by atoms with Gasteiger partial charge in [0.25, 0.3) is 5.91 Å². The number of hydrogen-bond acceptors (Lipinski definition) is 5. The summed E-state index contributed by atoms with van der Waals surface area (Å²) < 4.78 is 29.6. The van der Waals surface area contributed by atoms with E-state index >= 15 is 0 Å². The zero-order chi connectivity index (χ0) is 20.8. The van der Waals surface area contributed by atoms with Gasteiger partial charge in [-0.15, -0.1) is 0 Å². The minimum absolute atomic E-state index is 0.122. The number of benzene rings is 3. The van der Waals surface area contributed by atoms with Crippen LogP contribution in [0.25, 0.3) is 21.9 Å². The van der Waals surface area contributed by atoms with E-state index in [9.17, 15) is 14.0 Å².